The average molecular weight is 629 g/mol. The predicted molar refractivity (Wildman–Crippen MR) is 162 cm³/mol. The molecular formula is C34H30Cl2SiZr. The molecule has 0 heterocycles. The number of hydrogen-bond donors (Lipinski definition) is 0. The Kier molecular flexibility index (Phi) is 9.26. The van der Waals surface area contributed by atoms with E-state index in [-0.39, 0.29) is 0 Å². The van der Waals surface area contributed by atoms with Crippen LogP contribution in [0, 0.1) is 59.4 Å². The van der Waals surface area contributed by atoms with Crippen LogP contribution in [-0.4, -0.2) is 8.07 Å². The molecule has 0 bridgehead atoms. The molecule has 2 saturated carbocycles. The topological polar surface area (TPSA) is 0 Å². The van der Waals surface area contributed by atoms with Crippen molar-refractivity contribution in [2.75, 3.05) is 0 Å². The van der Waals surface area contributed by atoms with Crippen LogP contribution in [0.3, 0.4) is 0 Å². The molecule has 10 radical (unpaired) electrons. The molecule has 38 heavy (non-hydrogen) atoms. The van der Waals surface area contributed by atoms with Crippen LogP contribution in [-0.2, 0) is 20.8 Å². The summed E-state index contributed by atoms with van der Waals surface area (Å²) in [7, 11) is 7.85. The number of fused-ring (bicyclic) bond motifs is 2. The fraction of sp³-hybridized carbons (Fsp3) is 0.118. The van der Waals surface area contributed by atoms with Crippen molar-refractivity contribution in [3.8, 4) is 0 Å². The Morgan fingerprint density at radius 3 is 1.32 bits per heavy atom. The van der Waals surface area contributed by atoms with Gasteiger partial charge >= 0.3 is 37.9 Å². The van der Waals surface area contributed by atoms with Crippen molar-refractivity contribution in [2.45, 2.75) is 26.9 Å². The van der Waals surface area contributed by atoms with E-state index in [1.54, 1.807) is 11.1 Å². The molecule has 4 heteroatoms. The quantitative estimate of drug-likeness (QED) is 0.296. The molecule has 0 aromatic heterocycles. The summed E-state index contributed by atoms with van der Waals surface area (Å²) in [6.45, 7) is 9.71. The molecule has 0 spiro atoms. The van der Waals surface area contributed by atoms with E-state index in [0.29, 0.717) is 0 Å². The summed E-state index contributed by atoms with van der Waals surface area (Å²) in [6.07, 6.45) is 18.6. The minimum absolute atomic E-state index is 0.826. The first-order valence-corrected chi connectivity index (χ1v) is 22.2. The Hall–Kier alpha value is -0.920. The first-order chi connectivity index (χ1) is 18.4. The molecule has 2 aromatic rings. The molecule has 4 aliphatic rings. The molecule has 188 valence electrons. The molecule has 0 N–H and O–H groups in total. The normalized spacial score (nSPS) is 22.1. The molecule has 6 rings (SSSR count). The second-order valence-corrected chi connectivity index (χ2v) is 18.3. The van der Waals surface area contributed by atoms with E-state index in [1.807, 2.05) is 0 Å². The van der Waals surface area contributed by atoms with E-state index < -0.39 is 28.9 Å². The summed E-state index contributed by atoms with van der Waals surface area (Å²) >= 11 is -0.826. The van der Waals surface area contributed by atoms with E-state index in [0.717, 1.165) is 0 Å². The predicted octanol–water partition coefficient (Wildman–Crippen LogP) is 9.53. The zero-order valence-electron chi connectivity index (χ0n) is 22.1. The van der Waals surface area contributed by atoms with Crippen molar-refractivity contribution >= 4 is 36.2 Å². The Labute approximate surface area is 250 Å². The van der Waals surface area contributed by atoms with Crippen LogP contribution in [0.4, 0.5) is 0 Å². The van der Waals surface area contributed by atoms with Crippen molar-refractivity contribution < 1.29 is 20.8 Å². The first kappa shape index (κ1) is 28.6. The molecule has 0 nitrogen and oxygen atoms in total. The Morgan fingerprint density at radius 2 is 0.947 bits per heavy atom. The van der Waals surface area contributed by atoms with Crippen LogP contribution in [0.5, 0.6) is 0 Å². The van der Waals surface area contributed by atoms with Gasteiger partial charge < -0.3 is 0 Å². The zero-order chi connectivity index (χ0) is 26.9. The summed E-state index contributed by atoms with van der Waals surface area (Å²) in [4.78, 5) is 0. The fourth-order valence-corrected chi connectivity index (χ4v) is 10.6. The van der Waals surface area contributed by atoms with Gasteiger partial charge in [-0.1, -0.05) is 124 Å². The van der Waals surface area contributed by atoms with Gasteiger partial charge in [0, 0.05) is 23.7 Å². The maximum absolute atomic E-state index is 4.93. The van der Waals surface area contributed by atoms with Crippen molar-refractivity contribution in [2.24, 2.45) is 0 Å². The van der Waals surface area contributed by atoms with E-state index in [1.165, 1.54) is 57.8 Å². The SMILES string of the molecule is C[C]1[CH][C]2[C](C=CC=C2c2ccccc2)[C]1[Si](C)(C)[C]1[C](C)[CH][C]2[C]1C=CC=C2c1ccccc1.[Cl][Zr][Cl]. The summed E-state index contributed by atoms with van der Waals surface area (Å²) in [6, 6.07) is 21.6. The van der Waals surface area contributed by atoms with Crippen molar-refractivity contribution in [1.29, 1.82) is 0 Å². The van der Waals surface area contributed by atoms with Crippen molar-refractivity contribution in [3.63, 3.8) is 0 Å². The number of halogens is 2. The monoisotopic (exact) mass is 626 g/mol. The van der Waals surface area contributed by atoms with E-state index in [2.05, 4.69) is 137 Å². The number of hydrogen-bond acceptors (Lipinski definition) is 0. The van der Waals surface area contributed by atoms with Gasteiger partial charge in [0.15, 0.2) is 0 Å². The molecule has 4 aliphatic carbocycles. The van der Waals surface area contributed by atoms with Gasteiger partial charge in [-0.25, -0.2) is 0 Å². The van der Waals surface area contributed by atoms with Crippen LogP contribution in [0.1, 0.15) is 25.0 Å². The molecule has 2 fully saturated rings. The summed E-state index contributed by atoms with van der Waals surface area (Å²) < 4.78 is 0. The molecule has 2 aromatic carbocycles. The van der Waals surface area contributed by atoms with Crippen molar-refractivity contribution in [3.05, 3.63) is 168 Å². The minimum atomic E-state index is -2.02. The van der Waals surface area contributed by atoms with Crippen LogP contribution in [0.25, 0.3) is 11.1 Å². The van der Waals surface area contributed by atoms with Gasteiger partial charge in [0.2, 0.25) is 0 Å². The zero-order valence-corrected chi connectivity index (χ0v) is 27.1. The first-order valence-electron chi connectivity index (χ1n) is 12.8. The van der Waals surface area contributed by atoms with E-state index in [9.17, 15) is 0 Å². The summed E-state index contributed by atoms with van der Waals surface area (Å²) in [5.41, 5.74) is 8.39. The number of benzene rings is 2. The number of rotatable bonds is 4. The van der Waals surface area contributed by atoms with Crippen LogP contribution in [0.2, 0.25) is 13.1 Å². The Bertz CT molecular complexity index is 1120. The molecule has 0 unspecified atom stereocenters. The number of allylic oxidation sites excluding steroid dienone is 8. The van der Waals surface area contributed by atoms with Gasteiger partial charge in [-0.15, -0.1) is 0 Å². The van der Waals surface area contributed by atoms with Crippen LogP contribution >= 0.6 is 17.0 Å². The second-order valence-electron chi connectivity index (χ2n) is 10.4. The van der Waals surface area contributed by atoms with E-state index >= 15 is 0 Å². The van der Waals surface area contributed by atoms with E-state index in [4.69, 9.17) is 17.0 Å². The molecule has 0 aliphatic heterocycles. The van der Waals surface area contributed by atoms with Gasteiger partial charge in [-0.3, -0.25) is 0 Å². The maximum atomic E-state index is 4.93. The summed E-state index contributed by atoms with van der Waals surface area (Å²) in [5, 5.41) is 0. The molecule has 0 amide bonds. The van der Waals surface area contributed by atoms with Crippen molar-refractivity contribution in [1.82, 2.24) is 0 Å². The Morgan fingerprint density at radius 1 is 0.579 bits per heavy atom. The third-order valence-electron chi connectivity index (χ3n) is 7.68. The van der Waals surface area contributed by atoms with Gasteiger partial charge in [-0.2, -0.15) is 0 Å². The fourth-order valence-electron chi connectivity index (χ4n) is 6.40. The van der Waals surface area contributed by atoms with Gasteiger partial charge in [-0.05, 0) is 58.0 Å². The average Bonchev–Trinajstić information content (AvgIpc) is 3.46. The molecule has 0 atom stereocenters. The third-order valence-corrected chi connectivity index (χ3v) is 11.5. The van der Waals surface area contributed by atoms with Gasteiger partial charge in [0.1, 0.15) is 0 Å². The van der Waals surface area contributed by atoms with Gasteiger partial charge in [0.05, 0.1) is 8.07 Å². The Balaban J connectivity index is 0.000000937. The van der Waals surface area contributed by atoms with Crippen LogP contribution < -0.4 is 0 Å². The standard InChI is InChI=1S/C34H30Si.2ClH.Zr/c1-23-21-31-27(25-13-7-5-8-14-25)17-11-19-29(31)33(23)35(3,4)34-24(2)22-32-28(18-12-20-30(32)34)26-15-9-6-10-16-26;;;/h5-22H,1-4H3;2*1H;/q;;;+2/p-2. The van der Waals surface area contributed by atoms with Gasteiger partial charge in [0.25, 0.3) is 0 Å². The molecular weight excluding hydrogens is 599 g/mol. The van der Waals surface area contributed by atoms with Crippen LogP contribution in [0.15, 0.2) is 97.1 Å². The molecule has 0 saturated heterocycles. The third kappa shape index (κ3) is 5.37. The second kappa shape index (κ2) is 12.3. The summed E-state index contributed by atoms with van der Waals surface area (Å²) in [5.74, 6) is 8.46.